The van der Waals surface area contributed by atoms with Gasteiger partial charge in [-0.15, -0.1) is 0 Å². The Balaban J connectivity index is 1.56. The highest BCUT2D eigenvalue weighted by Crippen LogP contribution is 2.45. The fourth-order valence-electron chi connectivity index (χ4n) is 8.49. The van der Waals surface area contributed by atoms with E-state index in [1.54, 1.807) is 0 Å². The molecule has 4 aromatic carbocycles. The van der Waals surface area contributed by atoms with E-state index in [1.165, 1.54) is 0 Å². The number of H-pyrrole nitrogens is 2. The van der Waals surface area contributed by atoms with Crippen LogP contribution in [-0.2, 0) is 40.5 Å². The maximum Gasteiger partial charge on any atom is 0.232 e. The van der Waals surface area contributed by atoms with Crippen molar-refractivity contribution in [2.75, 3.05) is 0 Å². The number of furan rings is 2. The molecule has 0 amide bonds. The second-order valence-electron chi connectivity index (χ2n) is 15.9. The molecule has 0 atom stereocenters. The molecule has 0 saturated heterocycles. The van der Waals surface area contributed by atoms with Gasteiger partial charge in [-0.05, 0) is 36.4 Å². The Morgan fingerprint density at radius 3 is 0.897 bits per heavy atom. The third kappa shape index (κ3) is 7.71. The molecule has 0 aliphatic carbocycles. The van der Waals surface area contributed by atoms with E-state index in [2.05, 4.69) is 19.9 Å². The molecule has 5 aromatic heterocycles. The minimum absolute atomic E-state index is 0.465. The molecule has 0 fully saturated rings. The zero-order valence-corrected chi connectivity index (χ0v) is 39.3. The molecule has 0 unspecified atom stereocenters. The summed E-state index contributed by atoms with van der Waals surface area (Å²) in [4.78, 5) is 1.21. The molecule has 2 N–H and O–H groups in total. The molecule has 1 aliphatic rings. The van der Waals surface area contributed by atoms with Crippen molar-refractivity contribution in [3.05, 3.63) is 117 Å². The van der Waals surface area contributed by atoms with Crippen molar-refractivity contribution in [2.24, 2.45) is 0 Å². The van der Waals surface area contributed by atoms with E-state index < -0.39 is 241 Å². The van der Waals surface area contributed by atoms with Gasteiger partial charge in [0.25, 0.3) is 0 Å². The lowest BCUT2D eigenvalue weighted by atomic mass is 10.0. The number of aromatic amines is 2. The molecule has 10 rings (SSSR count). The number of benzene rings is 4. The van der Waals surface area contributed by atoms with Crippen LogP contribution in [0.25, 0.3) is 101 Å². The van der Waals surface area contributed by atoms with Crippen LogP contribution < -0.4 is 0 Å². The van der Waals surface area contributed by atoms with E-state index in [-0.39, 0.29) is 0 Å². The number of hydrogen-bond acceptors (Lipinski definition) is 16. The Bertz CT molecular complexity index is 4680. The summed E-state index contributed by atoms with van der Waals surface area (Å²) in [6, 6.07) is 2.07. The van der Waals surface area contributed by atoms with Crippen LogP contribution in [0.2, 0.25) is 0 Å². The number of aromatic nitrogens is 4. The van der Waals surface area contributed by atoms with Gasteiger partial charge in [0.05, 0.1) is 55.1 Å². The number of nitrogens with one attached hydrogen (secondary N) is 2. The summed E-state index contributed by atoms with van der Waals surface area (Å²) >= 11 is 0. The molecule has 9 aromatic rings. The lowest BCUT2D eigenvalue weighted by Gasteiger charge is -2.15. The van der Waals surface area contributed by atoms with Crippen LogP contribution in [-0.4, -0.2) is 71.8 Å². The SMILES string of the molecule is O=S(=O)([O-])c1c(F)c(F)c(-c2c3nc(c(-c4c(F)c(F)c(S(=O)(=O)[O-])c(F)c4F)c4ccc([nH]4)c4c(nc5oc6c(F)c(S(=O)(=O)[O-])c(F)c(F)c6c5c5ccc2[nH]5)oc2c(F)c(S(=O)(=O)[O-])c(F)c(F)c24)C=C3)c(F)c1F. The van der Waals surface area contributed by atoms with Gasteiger partial charge in [0, 0.05) is 22.2 Å². The van der Waals surface area contributed by atoms with Crippen molar-refractivity contribution >= 4 is 119 Å². The highest BCUT2D eigenvalue weighted by Gasteiger charge is 2.36. The minimum atomic E-state index is -6.48. The third-order valence-corrected chi connectivity index (χ3v) is 15.0. The van der Waals surface area contributed by atoms with Gasteiger partial charge in [-0.1, -0.05) is 0 Å². The van der Waals surface area contributed by atoms with Crippen molar-refractivity contribution in [1.82, 2.24) is 19.9 Å². The summed E-state index contributed by atoms with van der Waals surface area (Å²) in [5.41, 5.74) is -20.8. The van der Waals surface area contributed by atoms with Gasteiger partial charge in [0.1, 0.15) is 60.1 Å². The predicted molar refractivity (Wildman–Crippen MR) is 227 cm³/mol. The van der Waals surface area contributed by atoms with Crippen LogP contribution in [0, 0.1) is 81.4 Å². The van der Waals surface area contributed by atoms with Crippen LogP contribution in [0.5, 0.6) is 0 Å². The Kier molecular flexibility index (Phi) is 11.8. The van der Waals surface area contributed by atoms with Crippen LogP contribution in [0.1, 0.15) is 11.4 Å². The zero-order valence-electron chi connectivity index (χ0n) is 36.0. The molecule has 0 spiro atoms. The number of fused-ring (bicyclic) bond motifs is 14. The van der Waals surface area contributed by atoms with Gasteiger partial charge >= 0.3 is 0 Å². The van der Waals surface area contributed by atoms with E-state index in [9.17, 15) is 51.9 Å². The van der Waals surface area contributed by atoms with E-state index in [4.69, 9.17) is 8.83 Å². The van der Waals surface area contributed by atoms with Gasteiger partial charge in [-0.2, -0.15) is 4.98 Å². The van der Waals surface area contributed by atoms with Crippen molar-refractivity contribution in [1.29, 1.82) is 0 Å². The molecule has 406 valence electrons. The summed E-state index contributed by atoms with van der Waals surface area (Å²) in [5, 5.41) is -5.94. The molecule has 6 heterocycles. The van der Waals surface area contributed by atoms with Crippen molar-refractivity contribution in [2.45, 2.75) is 19.6 Å². The zero-order chi connectivity index (χ0) is 57.3. The van der Waals surface area contributed by atoms with Crippen LogP contribution in [0.15, 0.2) is 52.7 Å². The average molecular weight is 1190 g/mol. The Labute approximate surface area is 418 Å². The van der Waals surface area contributed by atoms with E-state index in [0.717, 1.165) is 0 Å². The molecule has 1 aliphatic heterocycles. The first-order valence-corrected chi connectivity index (χ1v) is 25.5. The lowest BCUT2D eigenvalue weighted by Crippen LogP contribution is -2.12. The molecular weight excluding hydrogens is 1180 g/mol. The summed E-state index contributed by atoms with van der Waals surface area (Å²) < 4.78 is 377. The van der Waals surface area contributed by atoms with Crippen LogP contribution >= 0.6 is 0 Å². The standard InChI is InChI=1S/C42H12F14N4O14S4/c43-21-17(22(44)28(50)37(27(21)49)75(61,62)63)13-7-1-2-8(57-7)14(18-23(45)29(51)38(76(64,65)66)30(52)24(18)46)10-4-6-12(59-10)16-20-26(48)32(54)40(78(70,71)72)34(56)36(20)74-42(16)60-41-15(11-5-3-9(13)58-11)19-25(47)31(53)39(77(67,68)69)33(55)35(19)73-41/h1-6,58-59H,(H,61,62,63)(H,64,65,66)(H,67,68,69)(H,70,71,72)/p-4. The predicted octanol–water partition coefficient (Wildman–Crippen LogP) is 8.87. The van der Waals surface area contributed by atoms with Crippen molar-refractivity contribution in [3.8, 4) is 22.3 Å². The summed E-state index contributed by atoms with van der Waals surface area (Å²) in [7, 11) is -25.8. The van der Waals surface area contributed by atoms with Crippen LogP contribution in [0.4, 0.5) is 61.5 Å². The topological polar surface area (TPSA) is 312 Å². The molecule has 36 heteroatoms. The van der Waals surface area contributed by atoms with Crippen molar-refractivity contribution < 1.29 is 122 Å². The fourth-order valence-corrected chi connectivity index (χ4v) is 11.0. The van der Waals surface area contributed by atoms with Gasteiger partial charge in [0.15, 0.2) is 92.6 Å². The molecule has 0 saturated carbocycles. The molecule has 0 radical (unpaired) electrons. The quantitative estimate of drug-likeness (QED) is 0.0891. The molecule has 18 nitrogen and oxygen atoms in total. The highest BCUT2D eigenvalue weighted by molar-refractivity contribution is 7.86. The fraction of sp³-hybridized carbons (Fsp3) is 0. The average Bonchev–Trinajstić information content (AvgIpc) is 4.33. The number of rotatable bonds is 6. The van der Waals surface area contributed by atoms with Gasteiger partial charge in [-0.3, -0.25) is 0 Å². The summed E-state index contributed by atoms with van der Waals surface area (Å²) in [6.07, 6.45) is 0.930. The van der Waals surface area contributed by atoms with Gasteiger partial charge in [0.2, 0.25) is 11.4 Å². The number of halogens is 14. The van der Waals surface area contributed by atoms with Crippen molar-refractivity contribution in [3.63, 3.8) is 0 Å². The van der Waals surface area contributed by atoms with Gasteiger partial charge in [-0.25, -0.2) is 100 Å². The molecule has 6 bridgehead atoms. The largest absolute Gasteiger partial charge is 0.744 e. The number of hydrogen-bond donors (Lipinski definition) is 2. The number of nitrogens with zero attached hydrogens (tertiary/aromatic N) is 2. The lowest BCUT2D eigenvalue weighted by molar-refractivity contribution is 0.400. The van der Waals surface area contributed by atoms with E-state index >= 15 is 61.5 Å². The van der Waals surface area contributed by atoms with E-state index in [1.807, 2.05) is 0 Å². The van der Waals surface area contributed by atoms with Gasteiger partial charge < -0.3 is 37.0 Å². The maximum atomic E-state index is 16.3. The Morgan fingerprint density at radius 2 is 0.603 bits per heavy atom. The second-order valence-corrected chi connectivity index (χ2v) is 21.2. The second kappa shape index (κ2) is 17.2. The minimum Gasteiger partial charge on any atom is -0.744 e. The van der Waals surface area contributed by atoms with Crippen LogP contribution in [0.3, 0.4) is 0 Å². The maximum absolute atomic E-state index is 16.3. The highest BCUT2D eigenvalue weighted by atomic mass is 32.2. The first kappa shape index (κ1) is 53.4. The molecular formula is C42H8F14N4O14S4-4. The first-order chi connectivity index (χ1) is 36.1. The van der Waals surface area contributed by atoms with E-state index in [0.29, 0.717) is 36.4 Å². The smallest absolute Gasteiger partial charge is 0.232 e. The first-order valence-electron chi connectivity index (χ1n) is 19.9. The summed E-state index contributed by atoms with van der Waals surface area (Å²) in [5.74, 6) is -38.9. The Hall–Kier alpha value is -8.00. The molecule has 78 heavy (non-hydrogen) atoms. The third-order valence-electron chi connectivity index (χ3n) is 11.6. The monoisotopic (exact) mass is 1190 g/mol. The Morgan fingerprint density at radius 1 is 0.333 bits per heavy atom. The summed E-state index contributed by atoms with van der Waals surface area (Å²) in [6.45, 7) is 0. The normalized spacial score (nSPS) is 13.1.